The van der Waals surface area contributed by atoms with Crippen LogP contribution in [0.5, 0.6) is 0 Å². The molecule has 32 heavy (non-hydrogen) atoms. The molecule has 0 aliphatic carbocycles. The number of fused-ring (bicyclic) bond motifs is 1. The summed E-state index contributed by atoms with van der Waals surface area (Å²) in [5, 5.41) is 4.26. The highest BCUT2D eigenvalue weighted by Crippen LogP contribution is 2.26. The second kappa shape index (κ2) is 8.74. The van der Waals surface area contributed by atoms with Crippen molar-refractivity contribution in [2.45, 2.75) is 51.8 Å². The molecule has 3 aromatic rings. The van der Waals surface area contributed by atoms with Crippen molar-refractivity contribution in [1.29, 1.82) is 0 Å². The Bertz CT molecular complexity index is 1160. The number of benzene rings is 1. The summed E-state index contributed by atoms with van der Waals surface area (Å²) in [6, 6.07) is 11.7. The first kappa shape index (κ1) is 20.7. The number of ether oxygens (including phenoxy) is 1. The predicted molar refractivity (Wildman–Crippen MR) is 122 cm³/mol. The van der Waals surface area contributed by atoms with E-state index in [4.69, 9.17) is 4.74 Å². The van der Waals surface area contributed by atoms with Gasteiger partial charge in [-0.1, -0.05) is 19.1 Å². The number of carbonyl (C=O) groups is 1. The quantitative estimate of drug-likeness (QED) is 0.621. The van der Waals surface area contributed by atoms with E-state index in [1.165, 1.54) is 0 Å². The second-order valence-electron chi connectivity index (χ2n) is 8.50. The van der Waals surface area contributed by atoms with Crippen LogP contribution in [0.4, 0.5) is 0 Å². The van der Waals surface area contributed by atoms with Crippen LogP contribution in [0.25, 0.3) is 16.8 Å². The monoisotopic (exact) mass is 432 g/mol. The Hall–Kier alpha value is -3.19. The lowest BCUT2D eigenvalue weighted by Gasteiger charge is -2.32. The fourth-order valence-electron chi connectivity index (χ4n) is 4.76. The topological polar surface area (TPSA) is 69.4 Å². The highest BCUT2D eigenvalue weighted by atomic mass is 16.5. The van der Waals surface area contributed by atoms with Crippen molar-refractivity contribution < 1.29 is 9.53 Å². The van der Waals surface area contributed by atoms with Crippen molar-refractivity contribution in [3.8, 4) is 16.8 Å². The number of rotatable bonds is 5. The van der Waals surface area contributed by atoms with E-state index in [0.29, 0.717) is 38.2 Å². The summed E-state index contributed by atoms with van der Waals surface area (Å²) in [6.45, 7) is 4.58. The smallest absolute Gasteiger partial charge is 0.258 e. The molecule has 1 unspecified atom stereocenters. The number of pyridine rings is 1. The molecule has 0 spiro atoms. The fourth-order valence-corrected chi connectivity index (χ4v) is 4.76. The van der Waals surface area contributed by atoms with Crippen molar-refractivity contribution in [2.75, 3.05) is 13.2 Å². The molecule has 1 atom stereocenters. The number of hydrogen-bond donors (Lipinski definition) is 0. The van der Waals surface area contributed by atoms with Crippen molar-refractivity contribution in [2.24, 2.45) is 0 Å². The lowest BCUT2D eigenvalue weighted by Crippen LogP contribution is -2.43. The zero-order chi connectivity index (χ0) is 22.1. The van der Waals surface area contributed by atoms with Crippen molar-refractivity contribution in [3.63, 3.8) is 0 Å². The molecule has 1 saturated heterocycles. The number of amides is 1. The van der Waals surface area contributed by atoms with Gasteiger partial charge >= 0.3 is 0 Å². The third kappa shape index (κ3) is 3.77. The van der Waals surface area contributed by atoms with Gasteiger partial charge in [0.1, 0.15) is 6.10 Å². The van der Waals surface area contributed by atoms with Crippen molar-refractivity contribution >= 4 is 5.91 Å². The average molecular weight is 433 g/mol. The molecule has 1 fully saturated rings. The predicted octanol–water partition coefficient (Wildman–Crippen LogP) is 3.17. The minimum atomic E-state index is -0.313. The molecular formula is C25H28N4O3. The maximum atomic E-state index is 13.4. The van der Waals surface area contributed by atoms with Crippen LogP contribution in [-0.4, -0.2) is 44.4 Å². The molecule has 7 heteroatoms. The van der Waals surface area contributed by atoms with Gasteiger partial charge in [-0.15, -0.1) is 0 Å². The molecule has 1 aromatic carbocycles. The third-order valence-electron chi connectivity index (χ3n) is 6.38. The Kier molecular flexibility index (Phi) is 5.66. The van der Waals surface area contributed by atoms with Crippen LogP contribution in [0.1, 0.15) is 37.4 Å². The second-order valence-corrected chi connectivity index (χ2v) is 8.50. The number of aromatic nitrogens is 3. The zero-order valence-corrected chi connectivity index (χ0v) is 18.4. The summed E-state index contributed by atoms with van der Waals surface area (Å²) >= 11 is 0. The van der Waals surface area contributed by atoms with Gasteiger partial charge in [0.05, 0.1) is 5.69 Å². The Labute approximate surface area is 187 Å². The molecule has 0 radical (unpaired) electrons. The standard InChI is InChI=1S/C25H28N4O3/c1-2-12-28-22-10-14-27(25(31)23-5-3-15-32-23)17-19(22)16-21(24(28)30)18-6-8-20(9-7-18)29-13-4-11-26-29/h4,6-9,11,13,16,23H,2-3,5,10,12,14-15,17H2,1H3. The van der Waals surface area contributed by atoms with Gasteiger partial charge in [0.2, 0.25) is 0 Å². The van der Waals surface area contributed by atoms with Gasteiger partial charge in [-0.2, -0.15) is 5.10 Å². The van der Waals surface area contributed by atoms with Crippen molar-refractivity contribution in [1.82, 2.24) is 19.2 Å². The average Bonchev–Trinajstić information content (AvgIpc) is 3.55. The largest absolute Gasteiger partial charge is 0.368 e. The van der Waals surface area contributed by atoms with E-state index in [1.54, 1.807) is 10.9 Å². The molecule has 2 aromatic heterocycles. The molecule has 1 amide bonds. The van der Waals surface area contributed by atoms with E-state index in [1.807, 2.05) is 52.1 Å². The van der Waals surface area contributed by atoms with Crippen LogP contribution in [0.15, 0.2) is 53.6 Å². The summed E-state index contributed by atoms with van der Waals surface area (Å²) < 4.78 is 9.33. The van der Waals surface area contributed by atoms with Gasteiger partial charge in [0.15, 0.2) is 0 Å². The molecule has 2 aliphatic rings. The Morgan fingerprint density at radius 1 is 1.25 bits per heavy atom. The van der Waals surface area contributed by atoms with Crippen LogP contribution in [0.2, 0.25) is 0 Å². The molecule has 0 bridgehead atoms. The fraction of sp³-hybridized carbons (Fsp3) is 0.400. The van der Waals surface area contributed by atoms with E-state index < -0.39 is 0 Å². The van der Waals surface area contributed by atoms with Crippen LogP contribution in [0, 0.1) is 0 Å². The first-order valence-corrected chi connectivity index (χ1v) is 11.4. The van der Waals surface area contributed by atoms with Crippen LogP contribution >= 0.6 is 0 Å². The third-order valence-corrected chi connectivity index (χ3v) is 6.38. The number of nitrogens with zero attached hydrogens (tertiary/aromatic N) is 4. The number of hydrogen-bond acceptors (Lipinski definition) is 4. The maximum Gasteiger partial charge on any atom is 0.258 e. The lowest BCUT2D eigenvalue weighted by atomic mass is 9.98. The Morgan fingerprint density at radius 2 is 2.09 bits per heavy atom. The normalized spacial score (nSPS) is 18.0. The molecule has 2 aliphatic heterocycles. The highest BCUT2D eigenvalue weighted by molar-refractivity contribution is 5.81. The molecular weight excluding hydrogens is 404 g/mol. The first-order valence-electron chi connectivity index (χ1n) is 11.4. The summed E-state index contributed by atoms with van der Waals surface area (Å²) in [7, 11) is 0. The summed E-state index contributed by atoms with van der Waals surface area (Å²) in [5.41, 5.74) is 4.65. The van der Waals surface area contributed by atoms with E-state index in [9.17, 15) is 9.59 Å². The SMILES string of the molecule is CCCn1c2c(cc(-c3ccc(-n4cccn4)cc3)c1=O)CN(C(=O)C1CCCO1)CC2. The molecule has 7 nitrogen and oxygen atoms in total. The first-order chi connectivity index (χ1) is 15.7. The zero-order valence-electron chi connectivity index (χ0n) is 18.4. The Balaban J connectivity index is 1.50. The molecule has 4 heterocycles. The van der Waals surface area contributed by atoms with E-state index in [-0.39, 0.29) is 17.6 Å². The molecule has 0 N–H and O–H groups in total. The van der Waals surface area contributed by atoms with Crippen molar-refractivity contribution in [3.05, 3.63) is 70.4 Å². The molecule has 166 valence electrons. The maximum absolute atomic E-state index is 13.4. The summed E-state index contributed by atoms with van der Waals surface area (Å²) in [4.78, 5) is 28.2. The molecule has 5 rings (SSSR count). The summed E-state index contributed by atoms with van der Waals surface area (Å²) in [6.07, 6.45) is 6.63. The van der Waals surface area contributed by atoms with Crippen LogP contribution in [-0.2, 0) is 29.0 Å². The minimum absolute atomic E-state index is 0.0383. The van der Waals surface area contributed by atoms with Crippen LogP contribution in [0.3, 0.4) is 0 Å². The van der Waals surface area contributed by atoms with E-state index in [0.717, 1.165) is 41.8 Å². The minimum Gasteiger partial charge on any atom is -0.368 e. The highest BCUT2D eigenvalue weighted by Gasteiger charge is 2.31. The summed E-state index contributed by atoms with van der Waals surface area (Å²) in [5.74, 6) is 0.0755. The van der Waals surface area contributed by atoms with Gasteiger partial charge in [0, 0.05) is 56.3 Å². The van der Waals surface area contributed by atoms with Gasteiger partial charge in [-0.3, -0.25) is 9.59 Å². The van der Waals surface area contributed by atoms with Crippen LogP contribution < -0.4 is 5.56 Å². The van der Waals surface area contributed by atoms with E-state index in [2.05, 4.69) is 12.0 Å². The lowest BCUT2D eigenvalue weighted by molar-refractivity contribution is -0.141. The van der Waals surface area contributed by atoms with E-state index >= 15 is 0 Å². The van der Waals surface area contributed by atoms with Gasteiger partial charge in [0.25, 0.3) is 11.5 Å². The van der Waals surface area contributed by atoms with Gasteiger partial charge in [-0.25, -0.2) is 4.68 Å². The van der Waals surface area contributed by atoms with Gasteiger partial charge < -0.3 is 14.2 Å². The van der Waals surface area contributed by atoms with Gasteiger partial charge in [-0.05, 0) is 54.7 Å². The molecule has 0 saturated carbocycles. The number of carbonyl (C=O) groups excluding carboxylic acids is 1. The Morgan fingerprint density at radius 3 is 2.78 bits per heavy atom.